The molecule has 218 valence electrons. The van der Waals surface area contributed by atoms with E-state index in [0.717, 1.165) is 16.9 Å². The van der Waals surface area contributed by atoms with Crippen LogP contribution in [0.3, 0.4) is 0 Å². The number of hydrogen-bond acceptors (Lipinski definition) is 6. The zero-order valence-electron chi connectivity index (χ0n) is 19.2. The molecule has 0 radical (unpaired) electrons. The summed E-state index contributed by atoms with van der Waals surface area (Å²) in [6, 6.07) is 4.18. The van der Waals surface area contributed by atoms with Crippen LogP contribution >= 0.6 is 0 Å². The average molecular weight is 631 g/mol. The summed E-state index contributed by atoms with van der Waals surface area (Å²) >= 11 is 0. The number of rotatable bonds is 7. The second-order valence-corrected chi connectivity index (χ2v) is 14.0. The summed E-state index contributed by atoms with van der Waals surface area (Å²) in [7, 11) is -16.1. The lowest BCUT2D eigenvalue weighted by Gasteiger charge is -2.36. The second-order valence-electron chi connectivity index (χ2n) is 8.42. The Hall–Kier alpha value is -2.35. The predicted molar refractivity (Wildman–Crippen MR) is 118 cm³/mol. The highest BCUT2D eigenvalue weighted by molar-refractivity contribution is 7.93. The third-order valence-corrected chi connectivity index (χ3v) is 10.9. The Labute approximate surface area is 217 Å². The monoisotopic (exact) mass is 630 g/mol. The minimum Gasteiger partial charge on any atom is -0.242 e. The summed E-state index contributed by atoms with van der Waals surface area (Å²) in [5.41, 5.74) is -9.92. The van der Waals surface area contributed by atoms with Crippen LogP contribution in [-0.2, 0) is 36.1 Å². The van der Waals surface area contributed by atoms with Crippen LogP contribution in [0.1, 0.15) is 18.4 Å². The number of sulfone groups is 1. The summed E-state index contributed by atoms with van der Waals surface area (Å²) in [6.07, 6.45) is -6.81. The standard InChI is InChI=1S/C20H18F8N2O6S3/c21-14-3-1-2-4-15(14)37(31,32)17-11-13(19(23,24)25)5-6-16(17)38(33,34)30-9-7-18(22,8-10-30)12-29-39(35,36)20(26,27)28/h1-6,11,29H,7-10,12H2. The topological polar surface area (TPSA) is 118 Å². The van der Waals surface area contributed by atoms with Crippen LogP contribution in [0.4, 0.5) is 35.1 Å². The fourth-order valence-corrected chi connectivity index (χ4v) is 7.82. The molecule has 1 N–H and O–H groups in total. The fourth-order valence-electron chi connectivity index (χ4n) is 3.64. The van der Waals surface area contributed by atoms with E-state index in [1.807, 2.05) is 0 Å². The summed E-state index contributed by atoms with van der Waals surface area (Å²) in [5, 5.41) is 0. The van der Waals surface area contributed by atoms with Gasteiger partial charge in [0.15, 0.2) is 0 Å². The Balaban J connectivity index is 1.98. The lowest BCUT2D eigenvalue weighted by molar-refractivity contribution is -0.137. The Morgan fingerprint density at radius 2 is 1.38 bits per heavy atom. The number of sulfonamides is 2. The Morgan fingerprint density at radius 1 is 0.821 bits per heavy atom. The molecule has 1 fully saturated rings. The van der Waals surface area contributed by atoms with Gasteiger partial charge in [-0.25, -0.2) is 38.8 Å². The number of benzene rings is 2. The van der Waals surface area contributed by atoms with E-state index in [2.05, 4.69) is 0 Å². The normalized spacial score (nSPS) is 17.7. The van der Waals surface area contributed by atoms with E-state index >= 15 is 0 Å². The molecule has 19 heteroatoms. The highest BCUT2D eigenvalue weighted by atomic mass is 32.2. The van der Waals surface area contributed by atoms with Crippen molar-refractivity contribution in [3.63, 3.8) is 0 Å². The number of nitrogens with one attached hydrogen (secondary N) is 1. The zero-order chi connectivity index (χ0) is 29.7. The van der Waals surface area contributed by atoms with Crippen molar-refractivity contribution in [2.24, 2.45) is 0 Å². The van der Waals surface area contributed by atoms with E-state index in [-0.39, 0.29) is 12.1 Å². The SMILES string of the molecule is O=S(=O)(c1ccccc1F)c1cc(C(F)(F)F)ccc1S(=O)(=O)N1CCC(F)(CNS(=O)(=O)C(F)(F)F)CC1. The van der Waals surface area contributed by atoms with Gasteiger partial charge >= 0.3 is 21.7 Å². The molecule has 0 amide bonds. The van der Waals surface area contributed by atoms with Crippen LogP contribution in [0.25, 0.3) is 0 Å². The zero-order valence-corrected chi connectivity index (χ0v) is 21.7. The molecule has 0 bridgehead atoms. The van der Waals surface area contributed by atoms with Gasteiger partial charge in [0.05, 0.1) is 10.5 Å². The number of nitrogens with zero attached hydrogens (tertiary/aromatic N) is 1. The van der Waals surface area contributed by atoms with Gasteiger partial charge in [-0.15, -0.1) is 0 Å². The number of piperidine rings is 1. The first-order chi connectivity index (χ1) is 17.6. The van der Waals surface area contributed by atoms with Gasteiger partial charge in [-0.1, -0.05) is 12.1 Å². The molecule has 3 rings (SSSR count). The molecule has 2 aromatic carbocycles. The van der Waals surface area contributed by atoms with Crippen LogP contribution in [0.2, 0.25) is 0 Å². The van der Waals surface area contributed by atoms with Gasteiger partial charge < -0.3 is 0 Å². The van der Waals surface area contributed by atoms with Crippen molar-refractivity contribution in [3.8, 4) is 0 Å². The molecule has 2 aromatic rings. The molecular weight excluding hydrogens is 612 g/mol. The van der Waals surface area contributed by atoms with Gasteiger partial charge in [-0.3, -0.25) is 0 Å². The first kappa shape index (κ1) is 31.2. The maximum atomic E-state index is 15.0. The molecule has 0 spiro atoms. The predicted octanol–water partition coefficient (Wildman–Crippen LogP) is 3.61. The van der Waals surface area contributed by atoms with Crippen LogP contribution in [0, 0.1) is 5.82 Å². The van der Waals surface area contributed by atoms with Gasteiger partial charge in [0.2, 0.25) is 19.9 Å². The molecule has 8 nitrogen and oxygen atoms in total. The summed E-state index contributed by atoms with van der Waals surface area (Å²) in [4.78, 5) is -3.69. The van der Waals surface area contributed by atoms with Crippen molar-refractivity contribution in [2.75, 3.05) is 19.6 Å². The molecule has 0 aliphatic carbocycles. The van der Waals surface area contributed by atoms with E-state index in [1.165, 1.54) is 0 Å². The molecule has 1 saturated heterocycles. The molecule has 0 aromatic heterocycles. The minimum atomic E-state index is -5.90. The van der Waals surface area contributed by atoms with Gasteiger partial charge in [-0.05, 0) is 43.2 Å². The largest absolute Gasteiger partial charge is 0.511 e. The van der Waals surface area contributed by atoms with E-state index in [4.69, 9.17) is 0 Å². The summed E-state index contributed by atoms with van der Waals surface area (Å²) in [6.45, 7) is -2.95. The van der Waals surface area contributed by atoms with Crippen LogP contribution in [0.5, 0.6) is 0 Å². The van der Waals surface area contributed by atoms with Crippen LogP contribution in [-0.4, -0.2) is 60.4 Å². The molecule has 1 aliphatic rings. The minimum absolute atomic E-state index is 0.0178. The van der Waals surface area contributed by atoms with Crippen molar-refractivity contribution < 1.29 is 60.4 Å². The maximum absolute atomic E-state index is 15.0. The van der Waals surface area contributed by atoms with E-state index < -0.39 is 106 Å². The van der Waals surface area contributed by atoms with Crippen molar-refractivity contribution in [3.05, 3.63) is 53.8 Å². The first-order valence-electron chi connectivity index (χ1n) is 10.6. The van der Waals surface area contributed by atoms with Crippen molar-refractivity contribution in [1.82, 2.24) is 9.03 Å². The second kappa shape index (κ2) is 10.2. The maximum Gasteiger partial charge on any atom is 0.511 e. The highest BCUT2D eigenvalue weighted by Gasteiger charge is 2.48. The van der Waals surface area contributed by atoms with Crippen LogP contribution in [0.15, 0.2) is 57.2 Å². The molecule has 1 aliphatic heterocycles. The molecule has 39 heavy (non-hydrogen) atoms. The lowest BCUT2D eigenvalue weighted by atomic mass is 9.95. The third kappa shape index (κ3) is 6.36. The number of alkyl halides is 7. The smallest absolute Gasteiger partial charge is 0.242 e. The Morgan fingerprint density at radius 3 is 1.90 bits per heavy atom. The molecule has 0 saturated carbocycles. The van der Waals surface area contributed by atoms with E-state index in [1.54, 1.807) is 0 Å². The van der Waals surface area contributed by atoms with Crippen molar-refractivity contribution in [2.45, 2.75) is 44.9 Å². The molecular formula is C20H18F8N2O6S3. The summed E-state index contributed by atoms with van der Waals surface area (Å²) < 4.78 is 183. The summed E-state index contributed by atoms with van der Waals surface area (Å²) in [5.74, 6) is -1.38. The molecule has 0 atom stereocenters. The lowest BCUT2D eigenvalue weighted by Crippen LogP contribution is -2.51. The van der Waals surface area contributed by atoms with Gasteiger partial charge in [0.25, 0.3) is 0 Å². The Kier molecular flexibility index (Phi) is 8.19. The highest BCUT2D eigenvalue weighted by Crippen LogP contribution is 2.38. The van der Waals surface area contributed by atoms with E-state index in [0.29, 0.717) is 22.5 Å². The Bertz CT molecular complexity index is 1570. The number of hydrogen-bond donors (Lipinski definition) is 1. The van der Waals surface area contributed by atoms with Gasteiger partial charge in [-0.2, -0.15) is 30.6 Å². The van der Waals surface area contributed by atoms with Crippen molar-refractivity contribution in [1.29, 1.82) is 0 Å². The fraction of sp³-hybridized carbons (Fsp3) is 0.400. The average Bonchev–Trinajstić information content (AvgIpc) is 2.82. The third-order valence-electron chi connectivity index (χ3n) is 5.81. The first-order valence-corrected chi connectivity index (χ1v) is 15.0. The van der Waals surface area contributed by atoms with E-state index in [9.17, 15) is 60.4 Å². The van der Waals surface area contributed by atoms with Gasteiger partial charge in [0.1, 0.15) is 21.3 Å². The van der Waals surface area contributed by atoms with Gasteiger partial charge in [0, 0.05) is 19.6 Å². The number of halogens is 8. The quantitative estimate of drug-likeness (QED) is 0.468. The van der Waals surface area contributed by atoms with Crippen molar-refractivity contribution >= 4 is 29.9 Å². The van der Waals surface area contributed by atoms with Crippen LogP contribution < -0.4 is 4.72 Å². The molecule has 0 unspecified atom stereocenters. The molecule has 1 heterocycles.